The summed E-state index contributed by atoms with van der Waals surface area (Å²) in [5.41, 5.74) is 16.0. The molecule has 29 heavy (non-hydrogen) atoms. The maximum atomic E-state index is 6.14. The molecule has 3 aromatic rings. The predicted octanol–water partition coefficient (Wildman–Crippen LogP) is 3.10. The van der Waals surface area contributed by atoms with Crippen LogP contribution in [0.4, 0.5) is 11.8 Å². The second-order valence-electron chi connectivity index (χ2n) is 7.91. The fourth-order valence-corrected chi connectivity index (χ4v) is 4.11. The van der Waals surface area contributed by atoms with Gasteiger partial charge < -0.3 is 16.2 Å². The number of benzene rings is 1. The van der Waals surface area contributed by atoms with Crippen LogP contribution in [0.2, 0.25) is 0 Å². The number of ether oxygens (including phenoxy) is 1. The Kier molecular flexibility index (Phi) is 5.49. The highest BCUT2D eigenvalue weighted by Gasteiger charge is 2.21. The van der Waals surface area contributed by atoms with Crippen LogP contribution in [0.15, 0.2) is 30.3 Å². The van der Waals surface area contributed by atoms with Crippen LogP contribution in [0.25, 0.3) is 10.9 Å². The first-order valence-electron chi connectivity index (χ1n) is 10.1. The number of anilines is 2. The lowest BCUT2D eigenvalue weighted by Crippen LogP contribution is -2.35. The van der Waals surface area contributed by atoms with E-state index in [2.05, 4.69) is 45.8 Å². The van der Waals surface area contributed by atoms with Gasteiger partial charge in [-0.05, 0) is 75.5 Å². The number of likely N-dealkylation sites (tertiary alicyclic amines) is 1. The highest BCUT2D eigenvalue weighted by molar-refractivity contribution is 5.94. The molecule has 1 fully saturated rings. The molecule has 1 aromatic carbocycles. The molecule has 152 valence electrons. The highest BCUT2D eigenvalue weighted by Crippen LogP contribution is 2.30. The predicted molar refractivity (Wildman–Crippen MR) is 116 cm³/mol. The van der Waals surface area contributed by atoms with E-state index in [0.717, 1.165) is 55.0 Å². The molecule has 0 saturated carbocycles. The third-order valence-corrected chi connectivity index (χ3v) is 5.46. The number of aromatic nitrogens is 3. The average molecular weight is 393 g/mol. The number of nitrogens with two attached hydrogens (primary N) is 2. The van der Waals surface area contributed by atoms with Crippen LogP contribution in [-0.2, 0) is 6.54 Å². The summed E-state index contributed by atoms with van der Waals surface area (Å²) in [4.78, 5) is 15.3. The number of nitrogen functional groups attached to an aromatic ring is 2. The minimum atomic E-state index is 0.180. The number of hydrogen-bond acceptors (Lipinski definition) is 7. The van der Waals surface area contributed by atoms with Crippen molar-refractivity contribution in [3.63, 3.8) is 0 Å². The van der Waals surface area contributed by atoms with E-state index in [9.17, 15) is 0 Å². The van der Waals surface area contributed by atoms with E-state index in [0.29, 0.717) is 23.9 Å². The molecule has 0 spiro atoms. The first kappa shape index (κ1) is 19.4. The van der Waals surface area contributed by atoms with E-state index in [1.54, 1.807) is 0 Å². The van der Waals surface area contributed by atoms with Gasteiger partial charge in [-0.25, -0.2) is 4.98 Å². The Hall–Kier alpha value is -2.93. The van der Waals surface area contributed by atoms with Gasteiger partial charge in [0, 0.05) is 17.9 Å². The van der Waals surface area contributed by atoms with Gasteiger partial charge >= 0.3 is 0 Å². The Labute approximate surface area is 171 Å². The molecule has 0 atom stereocenters. The van der Waals surface area contributed by atoms with Crippen molar-refractivity contribution in [3.05, 3.63) is 47.3 Å². The first-order valence-corrected chi connectivity index (χ1v) is 10.1. The maximum absolute atomic E-state index is 6.14. The Morgan fingerprint density at radius 2 is 1.76 bits per heavy atom. The van der Waals surface area contributed by atoms with Crippen molar-refractivity contribution in [2.45, 2.75) is 33.2 Å². The molecule has 0 unspecified atom stereocenters. The summed E-state index contributed by atoms with van der Waals surface area (Å²) in [6.45, 7) is 7.91. The zero-order chi connectivity index (χ0) is 20.4. The Morgan fingerprint density at radius 3 is 2.48 bits per heavy atom. The summed E-state index contributed by atoms with van der Waals surface area (Å²) in [5, 5.41) is 0.738. The van der Waals surface area contributed by atoms with Gasteiger partial charge in [-0.2, -0.15) is 4.98 Å². The van der Waals surface area contributed by atoms with E-state index in [1.807, 2.05) is 18.2 Å². The van der Waals surface area contributed by atoms with Gasteiger partial charge in [-0.3, -0.25) is 9.88 Å². The van der Waals surface area contributed by atoms with Crippen LogP contribution < -0.4 is 16.2 Å². The molecule has 2 aromatic heterocycles. The summed E-state index contributed by atoms with van der Waals surface area (Å²) >= 11 is 0. The molecule has 1 aliphatic rings. The fraction of sp³-hybridized carbons (Fsp3) is 0.409. The molecule has 0 bridgehead atoms. The number of nitrogens with zero attached hydrogens (tertiary/aromatic N) is 4. The van der Waals surface area contributed by atoms with Crippen molar-refractivity contribution < 1.29 is 4.74 Å². The maximum Gasteiger partial charge on any atom is 0.222 e. The van der Waals surface area contributed by atoms with Gasteiger partial charge in [0.05, 0.1) is 17.5 Å². The van der Waals surface area contributed by atoms with Crippen molar-refractivity contribution in [1.82, 2.24) is 19.9 Å². The Bertz CT molecular complexity index is 993. The van der Waals surface area contributed by atoms with Crippen LogP contribution in [0.1, 0.15) is 29.8 Å². The quantitative estimate of drug-likeness (QED) is 0.687. The summed E-state index contributed by atoms with van der Waals surface area (Å²) in [7, 11) is 0. The number of hydrogen-bond donors (Lipinski definition) is 2. The van der Waals surface area contributed by atoms with Gasteiger partial charge in [0.1, 0.15) is 11.6 Å². The first-order chi connectivity index (χ1) is 14.0. The van der Waals surface area contributed by atoms with Gasteiger partial charge in [0.15, 0.2) is 0 Å². The number of rotatable bonds is 5. The molecule has 0 aliphatic carbocycles. The van der Waals surface area contributed by atoms with E-state index in [-0.39, 0.29) is 5.95 Å². The molecular formula is C22H28N6O. The number of aryl methyl sites for hydroxylation is 2. The normalized spacial score (nSPS) is 15.7. The molecule has 0 amide bonds. The molecule has 3 heterocycles. The van der Waals surface area contributed by atoms with Crippen molar-refractivity contribution >= 4 is 22.7 Å². The molecule has 4 N–H and O–H groups in total. The fourth-order valence-electron chi connectivity index (χ4n) is 4.11. The molecule has 1 saturated heterocycles. The molecule has 7 heteroatoms. The SMILES string of the molecule is Cc1cc(CN2CCC(COc3cccc4nc(N)nc(N)c34)CC2)cc(C)n1. The van der Waals surface area contributed by atoms with Crippen LogP contribution in [0.3, 0.4) is 0 Å². The van der Waals surface area contributed by atoms with Gasteiger partial charge in [-0.15, -0.1) is 0 Å². The largest absolute Gasteiger partial charge is 0.492 e. The van der Waals surface area contributed by atoms with Crippen molar-refractivity contribution in [2.24, 2.45) is 5.92 Å². The average Bonchev–Trinajstić information content (AvgIpc) is 2.66. The second kappa shape index (κ2) is 8.21. The smallest absolute Gasteiger partial charge is 0.222 e. The van der Waals surface area contributed by atoms with E-state index in [4.69, 9.17) is 16.2 Å². The van der Waals surface area contributed by atoms with Crippen LogP contribution in [0.5, 0.6) is 5.75 Å². The number of pyridine rings is 1. The third-order valence-electron chi connectivity index (χ3n) is 5.46. The monoisotopic (exact) mass is 392 g/mol. The Morgan fingerprint density at radius 1 is 1.03 bits per heavy atom. The lowest BCUT2D eigenvalue weighted by Gasteiger charge is -2.32. The molecule has 0 radical (unpaired) electrons. The van der Waals surface area contributed by atoms with Crippen molar-refractivity contribution in [3.8, 4) is 5.75 Å². The van der Waals surface area contributed by atoms with Crippen LogP contribution in [-0.4, -0.2) is 39.5 Å². The standard InChI is InChI=1S/C22H28N6O/c1-14-10-17(11-15(2)25-14)12-28-8-6-16(7-9-28)13-29-19-5-3-4-18-20(19)21(23)27-22(24)26-18/h3-5,10-11,16H,6-9,12-13H2,1-2H3,(H4,23,24,26,27). The molecular weight excluding hydrogens is 364 g/mol. The summed E-state index contributed by atoms with van der Waals surface area (Å²) < 4.78 is 6.14. The zero-order valence-corrected chi connectivity index (χ0v) is 17.1. The lowest BCUT2D eigenvalue weighted by atomic mass is 9.97. The van der Waals surface area contributed by atoms with Crippen molar-refractivity contribution in [2.75, 3.05) is 31.2 Å². The lowest BCUT2D eigenvalue weighted by molar-refractivity contribution is 0.137. The minimum Gasteiger partial charge on any atom is -0.492 e. The van der Waals surface area contributed by atoms with Gasteiger partial charge in [0.25, 0.3) is 0 Å². The zero-order valence-electron chi connectivity index (χ0n) is 17.1. The van der Waals surface area contributed by atoms with E-state index >= 15 is 0 Å². The van der Waals surface area contributed by atoms with E-state index in [1.165, 1.54) is 5.56 Å². The van der Waals surface area contributed by atoms with Gasteiger partial charge in [-0.1, -0.05) is 6.07 Å². The van der Waals surface area contributed by atoms with Crippen molar-refractivity contribution in [1.29, 1.82) is 0 Å². The molecule has 7 nitrogen and oxygen atoms in total. The number of piperidine rings is 1. The number of fused-ring (bicyclic) bond motifs is 1. The van der Waals surface area contributed by atoms with E-state index < -0.39 is 0 Å². The minimum absolute atomic E-state index is 0.180. The summed E-state index contributed by atoms with van der Waals surface area (Å²) in [6, 6.07) is 10.1. The topological polar surface area (TPSA) is 103 Å². The molecule has 1 aliphatic heterocycles. The second-order valence-corrected chi connectivity index (χ2v) is 7.91. The van der Waals surface area contributed by atoms with Crippen LogP contribution in [0, 0.1) is 19.8 Å². The third kappa shape index (κ3) is 4.56. The van der Waals surface area contributed by atoms with Crippen LogP contribution >= 0.6 is 0 Å². The highest BCUT2D eigenvalue weighted by atomic mass is 16.5. The summed E-state index contributed by atoms with van der Waals surface area (Å²) in [6.07, 6.45) is 2.24. The summed E-state index contributed by atoms with van der Waals surface area (Å²) in [5.74, 6) is 1.79. The van der Waals surface area contributed by atoms with Gasteiger partial charge in [0.2, 0.25) is 5.95 Å². The molecule has 4 rings (SSSR count). The Balaban J connectivity index is 1.34.